The molecule has 1 aromatic heterocycles. The minimum atomic E-state index is -1.18. The Kier molecular flexibility index (Phi) is 2.23. The average Bonchev–Trinajstić information content (AvgIpc) is 2.34. The summed E-state index contributed by atoms with van der Waals surface area (Å²) in [6.45, 7) is 0. The molecule has 0 aliphatic rings. The number of anilines is 1. The van der Waals surface area contributed by atoms with Crippen LogP contribution >= 0.6 is 0 Å². The fraction of sp³-hybridized carbons (Fsp3) is 0.200. The summed E-state index contributed by atoms with van der Waals surface area (Å²) in [6, 6.07) is 1.89. The third-order valence-corrected chi connectivity index (χ3v) is 1.50. The largest absolute Gasteiger partial charge is 0.289 e. The van der Waals surface area contributed by atoms with Crippen LogP contribution in [-0.4, -0.2) is 20.7 Å². The first kappa shape index (κ1) is 7.75. The lowest BCUT2D eigenvalue weighted by molar-refractivity contribution is 0.689. The minimum absolute atomic E-state index is 0.361. The molecule has 5 nitrogen and oxygen atoms in total. The zero-order chi connectivity index (χ0) is 8.27. The van der Waals surface area contributed by atoms with Crippen molar-refractivity contribution in [2.75, 3.05) is 11.0 Å². The van der Waals surface area contributed by atoms with Crippen LogP contribution in [0.1, 0.15) is 5.56 Å². The van der Waals surface area contributed by atoms with E-state index in [1.165, 1.54) is 12.5 Å². The normalized spacial score (nSPS) is 12.0. The second kappa shape index (κ2) is 3.16. The van der Waals surface area contributed by atoms with Crippen LogP contribution in [0, 0.1) is 11.3 Å². The molecule has 0 amide bonds. The van der Waals surface area contributed by atoms with Gasteiger partial charge in [0, 0.05) is 6.26 Å². The van der Waals surface area contributed by atoms with E-state index >= 15 is 0 Å². The van der Waals surface area contributed by atoms with E-state index in [0.29, 0.717) is 11.4 Å². The maximum absolute atomic E-state index is 10.6. The van der Waals surface area contributed by atoms with Crippen LogP contribution < -0.4 is 4.72 Å². The summed E-state index contributed by atoms with van der Waals surface area (Å²) in [5, 5.41) is 14.6. The lowest BCUT2D eigenvalue weighted by Crippen LogP contribution is -2.02. The summed E-state index contributed by atoms with van der Waals surface area (Å²) in [5.41, 5.74) is 0.361. The predicted molar refractivity (Wildman–Crippen MR) is 41.0 cm³/mol. The van der Waals surface area contributed by atoms with Crippen LogP contribution in [0.2, 0.25) is 0 Å². The third kappa shape index (κ3) is 1.78. The molecular formula is C5H6N4OS. The molecule has 0 spiro atoms. The van der Waals surface area contributed by atoms with Gasteiger partial charge in [-0.15, -0.1) is 0 Å². The van der Waals surface area contributed by atoms with Crippen molar-refractivity contribution in [1.82, 2.24) is 10.2 Å². The standard InChI is InChI=1S/C5H6N4OS/c1-11(10)9-5-4(2-6)3-7-8-5/h3H,1H3,(H2,7,8,9). The zero-order valence-corrected chi connectivity index (χ0v) is 6.60. The molecule has 6 heteroatoms. The summed E-state index contributed by atoms with van der Waals surface area (Å²) in [6.07, 6.45) is 2.84. The fourth-order valence-electron chi connectivity index (χ4n) is 0.592. The predicted octanol–water partition coefficient (Wildman–Crippen LogP) is -0.0132. The summed E-state index contributed by atoms with van der Waals surface area (Å²) < 4.78 is 13.2. The number of nitrogens with one attached hydrogen (secondary N) is 2. The van der Waals surface area contributed by atoms with Crippen LogP contribution in [0.4, 0.5) is 5.82 Å². The van der Waals surface area contributed by atoms with Crippen molar-refractivity contribution in [2.24, 2.45) is 0 Å². The van der Waals surface area contributed by atoms with Crippen molar-refractivity contribution in [3.8, 4) is 6.07 Å². The quantitative estimate of drug-likeness (QED) is 0.654. The molecule has 0 bridgehead atoms. The van der Waals surface area contributed by atoms with Gasteiger partial charge in [0.15, 0.2) is 5.82 Å². The van der Waals surface area contributed by atoms with Gasteiger partial charge < -0.3 is 0 Å². The van der Waals surface area contributed by atoms with Crippen molar-refractivity contribution < 1.29 is 4.21 Å². The first-order valence-electron chi connectivity index (χ1n) is 2.77. The highest BCUT2D eigenvalue weighted by Gasteiger charge is 2.03. The molecule has 0 radical (unpaired) electrons. The fourth-order valence-corrected chi connectivity index (χ4v) is 1.04. The summed E-state index contributed by atoms with van der Waals surface area (Å²) in [5.74, 6) is 0.397. The highest BCUT2D eigenvalue weighted by molar-refractivity contribution is 7.85. The second-order valence-corrected chi connectivity index (χ2v) is 2.94. The first-order chi connectivity index (χ1) is 5.24. The summed E-state index contributed by atoms with van der Waals surface area (Å²) >= 11 is 0. The van der Waals surface area contributed by atoms with Crippen molar-refractivity contribution >= 4 is 16.8 Å². The topological polar surface area (TPSA) is 81.6 Å². The molecule has 1 atom stereocenters. The molecule has 1 unspecified atom stereocenters. The molecule has 0 saturated carbocycles. The van der Waals surface area contributed by atoms with Gasteiger partial charge in [0.05, 0.1) is 6.20 Å². The molecule has 0 aliphatic heterocycles. The highest BCUT2D eigenvalue weighted by atomic mass is 32.2. The van der Waals surface area contributed by atoms with Gasteiger partial charge in [-0.05, 0) is 0 Å². The van der Waals surface area contributed by atoms with E-state index in [1.54, 1.807) is 0 Å². The molecular weight excluding hydrogens is 164 g/mol. The number of hydrogen-bond acceptors (Lipinski definition) is 3. The lowest BCUT2D eigenvalue weighted by atomic mass is 10.4. The van der Waals surface area contributed by atoms with E-state index < -0.39 is 11.0 Å². The number of nitriles is 1. The van der Waals surface area contributed by atoms with Crippen LogP contribution in [0.5, 0.6) is 0 Å². The lowest BCUT2D eigenvalue weighted by Gasteiger charge is -1.95. The zero-order valence-electron chi connectivity index (χ0n) is 5.79. The van der Waals surface area contributed by atoms with Gasteiger partial charge in [-0.2, -0.15) is 10.4 Å². The number of hydrogen-bond donors (Lipinski definition) is 2. The number of aromatic nitrogens is 2. The van der Waals surface area contributed by atoms with E-state index in [4.69, 9.17) is 5.26 Å². The smallest absolute Gasteiger partial charge is 0.151 e. The van der Waals surface area contributed by atoms with Gasteiger partial charge in [-0.25, -0.2) is 4.21 Å². The average molecular weight is 170 g/mol. The molecule has 11 heavy (non-hydrogen) atoms. The maximum Gasteiger partial charge on any atom is 0.151 e. The van der Waals surface area contributed by atoms with Gasteiger partial charge in [0.2, 0.25) is 0 Å². The Hall–Kier alpha value is -1.35. The van der Waals surface area contributed by atoms with Crippen molar-refractivity contribution in [1.29, 1.82) is 5.26 Å². The van der Waals surface area contributed by atoms with Crippen molar-refractivity contribution in [3.05, 3.63) is 11.8 Å². The monoisotopic (exact) mass is 170 g/mol. The number of aromatic amines is 1. The van der Waals surface area contributed by atoms with E-state index in [0.717, 1.165) is 0 Å². The Morgan fingerprint density at radius 3 is 3.18 bits per heavy atom. The van der Waals surface area contributed by atoms with E-state index in [2.05, 4.69) is 14.9 Å². The SMILES string of the molecule is CS(=O)Nc1[nH]ncc1C#N. The Morgan fingerprint density at radius 2 is 2.64 bits per heavy atom. The number of H-pyrrole nitrogens is 1. The molecule has 0 fully saturated rings. The van der Waals surface area contributed by atoms with E-state index in [-0.39, 0.29) is 0 Å². The Bertz CT molecular complexity index is 313. The molecule has 2 N–H and O–H groups in total. The first-order valence-corrected chi connectivity index (χ1v) is 4.33. The van der Waals surface area contributed by atoms with Gasteiger partial charge in [-0.3, -0.25) is 9.82 Å². The van der Waals surface area contributed by atoms with Crippen LogP contribution in [0.15, 0.2) is 6.20 Å². The molecule has 1 aromatic rings. The molecule has 0 aromatic carbocycles. The maximum atomic E-state index is 10.6. The Morgan fingerprint density at radius 1 is 1.91 bits per heavy atom. The van der Waals surface area contributed by atoms with Gasteiger partial charge in [-0.1, -0.05) is 0 Å². The Balaban J connectivity index is 2.87. The highest BCUT2D eigenvalue weighted by Crippen LogP contribution is 2.08. The molecule has 1 rings (SSSR count). The van der Waals surface area contributed by atoms with Crippen molar-refractivity contribution in [3.63, 3.8) is 0 Å². The molecule has 0 aliphatic carbocycles. The van der Waals surface area contributed by atoms with Crippen LogP contribution in [0.3, 0.4) is 0 Å². The van der Waals surface area contributed by atoms with Gasteiger partial charge in [0.1, 0.15) is 22.6 Å². The minimum Gasteiger partial charge on any atom is -0.289 e. The molecule has 1 heterocycles. The van der Waals surface area contributed by atoms with E-state index in [1.807, 2.05) is 6.07 Å². The number of rotatable bonds is 2. The third-order valence-electron chi connectivity index (χ3n) is 1.01. The van der Waals surface area contributed by atoms with Crippen molar-refractivity contribution in [2.45, 2.75) is 0 Å². The number of nitrogens with zero attached hydrogens (tertiary/aromatic N) is 2. The Labute approximate surface area is 66.0 Å². The molecule has 0 saturated heterocycles. The molecule has 58 valence electrons. The summed E-state index contributed by atoms with van der Waals surface area (Å²) in [7, 11) is -1.18. The van der Waals surface area contributed by atoms with Crippen LogP contribution in [0.25, 0.3) is 0 Å². The second-order valence-electron chi connectivity index (χ2n) is 1.83. The van der Waals surface area contributed by atoms with Crippen LogP contribution in [-0.2, 0) is 11.0 Å². The van der Waals surface area contributed by atoms with Gasteiger partial charge >= 0.3 is 0 Å². The van der Waals surface area contributed by atoms with Gasteiger partial charge in [0.25, 0.3) is 0 Å². The van der Waals surface area contributed by atoms with E-state index in [9.17, 15) is 4.21 Å². The summed E-state index contributed by atoms with van der Waals surface area (Å²) in [4.78, 5) is 0.